The fourth-order valence-electron chi connectivity index (χ4n) is 3.10. The smallest absolute Gasteiger partial charge is 0.238 e. The Bertz CT molecular complexity index is 925. The second-order valence-corrected chi connectivity index (χ2v) is 9.15. The van der Waals surface area contributed by atoms with Gasteiger partial charge in [-0.2, -0.15) is 0 Å². The molecule has 1 aromatic carbocycles. The summed E-state index contributed by atoms with van der Waals surface area (Å²) in [5.74, 6) is -0.658. The van der Waals surface area contributed by atoms with Crippen LogP contribution in [0.5, 0.6) is 5.88 Å². The predicted molar refractivity (Wildman–Crippen MR) is 102 cm³/mol. The second kappa shape index (κ2) is 8.68. The normalized spacial score (nSPS) is 15.9. The average Bonchev–Trinajstić information content (AvgIpc) is 3.19. The summed E-state index contributed by atoms with van der Waals surface area (Å²) in [7, 11) is -3.90. The zero-order valence-electron chi connectivity index (χ0n) is 15.6. The monoisotopic (exact) mass is 406 g/mol. The van der Waals surface area contributed by atoms with Crippen molar-refractivity contribution in [2.24, 2.45) is 0 Å². The lowest BCUT2D eigenvalue weighted by Gasteiger charge is -2.15. The van der Waals surface area contributed by atoms with Gasteiger partial charge in [0.1, 0.15) is 17.2 Å². The van der Waals surface area contributed by atoms with E-state index >= 15 is 0 Å². The molecule has 1 aliphatic carbocycles. The standard InChI is InChI=1S/C20H23FN2O4S/c1-14(28(25,26)18-8-6-16(21)7-9-18)20(24)23-13-15-10-11-22-19(12-15)27-17-4-2-3-5-17/h6-12,14,17H,2-5,13H2,1H3,(H,23,24). The number of benzene rings is 1. The topological polar surface area (TPSA) is 85.4 Å². The molecule has 28 heavy (non-hydrogen) atoms. The summed E-state index contributed by atoms with van der Waals surface area (Å²) < 4.78 is 43.9. The van der Waals surface area contributed by atoms with Gasteiger partial charge in [0.15, 0.2) is 9.84 Å². The van der Waals surface area contributed by atoms with Gasteiger partial charge in [0, 0.05) is 18.8 Å². The molecule has 1 aliphatic rings. The van der Waals surface area contributed by atoms with Crippen LogP contribution in [-0.4, -0.2) is 30.7 Å². The average molecular weight is 406 g/mol. The first-order valence-corrected chi connectivity index (χ1v) is 10.8. The number of ether oxygens (including phenoxy) is 1. The van der Waals surface area contributed by atoms with Crippen LogP contribution < -0.4 is 10.1 Å². The molecule has 1 heterocycles. The fraction of sp³-hybridized carbons (Fsp3) is 0.400. The summed E-state index contributed by atoms with van der Waals surface area (Å²) in [4.78, 5) is 16.5. The Labute approximate surface area is 164 Å². The maximum atomic E-state index is 13.0. The van der Waals surface area contributed by atoms with E-state index in [2.05, 4.69) is 10.3 Å². The third kappa shape index (κ3) is 4.86. The Morgan fingerprint density at radius 1 is 1.25 bits per heavy atom. The van der Waals surface area contributed by atoms with Crippen molar-refractivity contribution in [3.05, 3.63) is 54.0 Å². The molecular weight excluding hydrogens is 383 g/mol. The highest BCUT2D eigenvalue weighted by atomic mass is 32.2. The van der Waals surface area contributed by atoms with Gasteiger partial charge < -0.3 is 10.1 Å². The van der Waals surface area contributed by atoms with E-state index in [-0.39, 0.29) is 17.5 Å². The molecule has 0 saturated heterocycles. The van der Waals surface area contributed by atoms with Crippen molar-refractivity contribution in [2.45, 2.75) is 55.4 Å². The zero-order valence-corrected chi connectivity index (χ0v) is 16.4. The van der Waals surface area contributed by atoms with Crippen LogP contribution >= 0.6 is 0 Å². The molecule has 6 nitrogen and oxygen atoms in total. The number of rotatable bonds is 7. The molecule has 0 spiro atoms. The van der Waals surface area contributed by atoms with Crippen molar-refractivity contribution >= 4 is 15.7 Å². The molecule has 0 bridgehead atoms. The number of amides is 1. The van der Waals surface area contributed by atoms with Crippen LogP contribution in [0.25, 0.3) is 0 Å². The van der Waals surface area contributed by atoms with E-state index in [1.165, 1.54) is 6.92 Å². The first-order valence-electron chi connectivity index (χ1n) is 9.25. The first-order chi connectivity index (χ1) is 13.4. The van der Waals surface area contributed by atoms with Gasteiger partial charge in [0.2, 0.25) is 11.8 Å². The molecule has 1 fully saturated rings. The van der Waals surface area contributed by atoms with E-state index in [0.717, 1.165) is 55.5 Å². The van der Waals surface area contributed by atoms with Gasteiger partial charge in [0.25, 0.3) is 0 Å². The molecule has 0 radical (unpaired) electrons. The van der Waals surface area contributed by atoms with E-state index in [1.807, 2.05) is 0 Å². The van der Waals surface area contributed by atoms with Crippen LogP contribution in [0.2, 0.25) is 0 Å². The summed E-state index contributed by atoms with van der Waals surface area (Å²) >= 11 is 0. The van der Waals surface area contributed by atoms with Crippen LogP contribution in [0.3, 0.4) is 0 Å². The third-order valence-electron chi connectivity index (χ3n) is 4.83. The number of aromatic nitrogens is 1. The summed E-state index contributed by atoms with van der Waals surface area (Å²) in [5, 5.41) is 1.33. The second-order valence-electron chi connectivity index (χ2n) is 6.89. The van der Waals surface area contributed by atoms with Gasteiger partial charge in [-0.05, 0) is 68.5 Å². The summed E-state index contributed by atoms with van der Waals surface area (Å²) in [6, 6.07) is 7.91. The number of hydrogen-bond acceptors (Lipinski definition) is 5. The highest BCUT2D eigenvalue weighted by molar-refractivity contribution is 7.92. The summed E-state index contributed by atoms with van der Waals surface area (Å²) in [6.07, 6.45) is 6.12. The molecule has 1 amide bonds. The third-order valence-corrected chi connectivity index (χ3v) is 6.91. The summed E-state index contributed by atoms with van der Waals surface area (Å²) in [6.45, 7) is 1.47. The minimum atomic E-state index is -3.90. The molecule has 1 atom stereocenters. The number of carbonyl (C=O) groups excluding carboxylic acids is 1. The van der Waals surface area contributed by atoms with Gasteiger partial charge in [-0.15, -0.1) is 0 Å². The SMILES string of the molecule is CC(C(=O)NCc1ccnc(OC2CCCC2)c1)S(=O)(=O)c1ccc(F)cc1. The number of nitrogens with one attached hydrogen (secondary N) is 1. The van der Waals surface area contributed by atoms with Gasteiger partial charge in [0.05, 0.1) is 4.90 Å². The lowest BCUT2D eigenvalue weighted by Crippen LogP contribution is -2.37. The number of nitrogens with zero attached hydrogens (tertiary/aromatic N) is 1. The minimum absolute atomic E-state index is 0.0901. The van der Waals surface area contributed by atoms with Crippen molar-refractivity contribution in [1.29, 1.82) is 0 Å². The van der Waals surface area contributed by atoms with E-state index in [1.54, 1.807) is 18.3 Å². The predicted octanol–water partition coefficient (Wildman–Crippen LogP) is 3.02. The molecule has 8 heteroatoms. The number of carbonyl (C=O) groups is 1. The molecule has 1 saturated carbocycles. The Morgan fingerprint density at radius 2 is 1.93 bits per heavy atom. The van der Waals surface area contributed by atoms with Gasteiger partial charge in [-0.3, -0.25) is 4.79 Å². The molecule has 150 valence electrons. The molecule has 0 aliphatic heterocycles. The van der Waals surface area contributed by atoms with E-state index in [4.69, 9.17) is 4.74 Å². The van der Waals surface area contributed by atoms with Gasteiger partial charge in [-0.1, -0.05) is 0 Å². The molecular formula is C20H23FN2O4S. The van der Waals surface area contributed by atoms with Crippen molar-refractivity contribution in [2.75, 3.05) is 0 Å². The molecule has 2 aromatic rings. The Balaban J connectivity index is 1.60. The van der Waals surface area contributed by atoms with Gasteiger partial charge >= 0.3 is 0 Å². The van der Waals surface area contributed by atoms with Crippen molar-refractivity contribution < 1.29 is 22.3 Å². The van der Waals surface area contributed by atoms with Crippen LogP contribution in [0.15, 0.2) is 47.5 Å². The van der Waals surface area contributed by atoms with Crippen molar-refractivity contribution in [3.8, 4) is 5.88 Å². The highest BCUT2D eigenvalue weighted by Crippen LogP contribution is 2.23. The maximum Gasteiger partial charge on any atom is 0.238 e. The largest absolute Gasteiger partial charge is 0.474 e. The van der Waals surface area contributed by atoms with Crippen LogP contribution in [0.1, 0.15) is 38.2 Å². The Kier molecular flexibility index (Phi) is 6.28. The lowest BCUT2D eigenvalue weighted by atomic mass is 10.2. The van der Waals surface area contributed by atoms with Crippen LogP contribution in [0, 0.1) is 5.82 Å². The molecule has 1 N–H and O–H groups in total. The van der Waals surface area contributed by atoms with Crippen LogP contribution in [0.4, 0.5) is 4.39 Å². The van der Waals surface area contributed by atoms with Gasteiger partial charge in [-0.25, -0.2) is 17.8 Å². The zero-order chi connectivity index (χ0) is 20.1. The van der Waals surface area contributed by atoms with Crippen molar-refractivity contribution in [1.82, 2.24) is 10.3 Å². The van der Waals surface area contributed by atoms with Crippen LogP contribution in [-0.2, 0) is 21.2 Å². The number of sulfone groups is 1. The minimum Gasteiger partial charge on any atom is -0.474 e. The van der Waals surface area contributed by atoms with E-state index in [9.17, 15) is 17.6 Å². The number of pyridine rings is 1. The molecule has 1 aromatic heterocycles. The maximum absolute atomic E-state index is 13.0. The number of halogens is 1. The lowest BCUT2D eigenvalue weighted by molar-refractivity contribution is -0.120. The number of hydrogen-bond donors (Lipinski definition) is 1. The Hall–Kier alpha value is -2.48. The molecule has 3 rings (SSSR count). The Morgan fingerprint density at radius 3 is 2.61 bits per heavy atom. The highest BCUT2D eigenvalue weighted by Gasteiger charge is 2.29. The van der Waals surface area contributed by atoms with E-state index in [0.29, 0.717) is 5.88 Å². The molecule has 1 unspecified atom stereocenters. The van der Waals surface area contributed by atoms with Crippen molar-refractivity contribution in [3.63, 3.8) is 0 Å². The quantitative estimate of drug-likeness (QED) is 0.715. The fourth-order valence-corrected chi connectivity index (χ4v) is 4.39. The summed E-state index contributed by atoms with van der Waals surface area (Å²) in [5.41, 5.74) is 0.766. The first kappa shape index (κ1) is 20.3. The van der Waals surface area contributed by atoms with E-state index < -0.39 is 26.8 Å².